The van der Waals surface area contributed by atoms with Gasteiger partial charge in [-0.05, 0) is 46.4 Å². The number of nitrogens with two attached hydrogens (primary N) is 1. The number of fused-ring (bicyclic) bond motifs is 3. The molecule has 0 aliphatic heterocycles. The first kappa shape index (κ1) is 13.4. The van der Waals surface area contributed by atoms with E-state index in [0.29, 0.717) is 5.82 Å². The lowest BCUT2D eigenvalue weighted by atomic mass is 9.76. The van der Waals surface area contributed by atoms with Crippen LogP contribution in [0.3, 0.4) is 0 Å². The Labute approximate surface area is 134 Å². The molecule has 0 saturated carbocycles. The average molecular weight is 307 g/mol. The van der Waals surface area contributed by atoms with E-state index < -0.39 is 0 Å². The number of rotatable bonds is 1. The molecular formula is C19H15ClN2. The molecule has 1 atom stereocenters. The number of hydrogen-bond acceptors (Lipinski definition) is 2. The van der Waals surface area contributed by atoms with Crippen LogP contribution in [0.5, 0.6) is 0 Å². The number of hydrogen-bond donors (Lipinski definition) is 1. The summed E-state index contributed by atoms with van der Waals surface area (Å²) in [5.41, 5.74) is 12.0. The van der Waals surface area contributed by atoms with E-state index >= 15 is 0 Å². The van der Waals surface area contributed by atoms with Crippen molar-refractivity contribution in [2.75, 3.05) is 5.73 Å². The van der Waals surface area contributed by atoms with Gasteiger partial charge in [0.1, 0.15) is 5.82 Å². The summed E-state index contributed by atoms with van der Waals surface area (Å²) in [6.07, 6.45) is 2.79. The standard InChI is InChI=1S/C19H15ClN2/c20-18-8-4-3-7-15(18)17-9-12-11-22-19(21)10-16(12)13-5-1-2-6-14(13)17/h1-8,10-11,17H,9H2,(H2,21,22). The molecule has 108 valence electrons. The third-order valence-electron chi connectivity index (χ3n) is 4.34. The van der Waals surface area contributed by atoms with Crippen LogP contribution in [0.1, 0.15) is 22.6 Å². The first-order valence-corrected chi connectivity index (χ1v) is 7.70. The molecule has 0 spiro atoms. The van der Waals surface area contributed by atoms with Crippen molar-refractivity contribution in [3.63, 3.8) is 0 Å². The third-order valence-corrected chi connectivity index (χ3v) is 4.68. The number of nitrogen functional groups attached to an aromatic ring is 1. The lowest BCUT2D eigenvalue weighted by Gasteiger charge is -2.28. The molecule has 2 aromatic carbocycles. The second kappa shape index (κ2) is 5.15. The Morgan fingerprint density at radius 1 is 0.955 bits per heavy atom. The molecule has 1 aliphatic carbocycles. The largest absolute Gasteiger partial charge is 0.384 e. The van der Waals surface area contributed by atoms with Gasteiger partial charge in [0, 0.05) is 17.1 Å². The summed E-state index contributed by atoms with van der Waals surface area (Å²) in [6, 6.07) is 18.5. The third kappa shape index (κ3) is 2.08. The van der Waals surface area contributed by atoms with Crippen molar-refractivity contribution in [3.05, 3.63) is 82.5 Å². The van der Waals surface area contributed by atoms with Crippen LogP contribution in [0, 0.1) is 0 Å². The molecule has 0 amide bonds. The topological polar surface area (TPSA) is 38.9 Å². The highest BCUT2D eigenvalue weighted by Crippen LogP contribution is 2.44. The van der Waals surface area contributed by atoms with Crippen LogP contribution >= 0.6 is 11.6 Å². The molecule has 3 heteroatoms. The highest BCUT2D eigenvalue weighted by molar-refractivity contribution is 6.31. The van der Waals surface area contributed by atoms with Gasteiger partial charge >= 0.3 is 0 Å². The number of nitrogens with zero attached hydrogens (tertiary/aromatic N) is 1. The summed E-state index contributed by atoms with van der Waals surface area (Å²) >= 11 is 6.44. The minimum Gasteiger partial charge on any atom is -0.384 e. The summed E-state index contributed by atoms with van der Waals surface area (Å²) in [5, 5.41) is 0.814. The number of aromatic nitrogens is 1. The molecule has 1 aliphatic rings. The molecule has 22 heavy (non-hydrogen) atoms. The van der Waals surface area contributed by atoms with Gasteiger partial charge in [-0.15, -0.1) is 0 Å². The fourth-order valence-electron chi connectivity index (χ4n) is 3.32. The van der Waals surface area contributed by atoms with Crippen LogP contribution in [0.2, 0.25) is 5.02 Å². The van der Waals surface area contributed by atoms with Crippen molar-refractivity contribution in [1.82, 2.24) is 4.98 Å². The minimum absolute atomic E-state index is 0.253. The van der Waals surface area contributed by atoms with Crippen LogP contribution in [-0.4, -0.2) is 4.98 Å². The lowest BCUT2D eigenvalue weighted by Crippen LogP contribution is -2.13. The molecule has 0 bridgehead atoms. The first-order valence-electron chi connectivity index (χ1n) is 7.32. The Morgan fingerprint density at radius 3 is 2.50 bits per heavy atom. The van der Waals surface area contributed by atoms with Gasteiger partial charge in [0.05, 0.1) is 0 Å². The van der Waals surface area contributed by atoms with E-state index in [4.69, 9.17) is 17.3 Å². The second-order valence-corrected chi connectivity index (χ2v) is 6.04. The van der Waals surface area contributed by atoms with Crippen molar-refractivity contribution in [2.45, 2.75) is 12.3 Å². The van der Waals surface area contributed by atoms with E-state index in [2.05, 4.69) is 35.3 Å². The molecule has 1 aromatic heterocycles. The Morgan fingerprint density at radius 2 is 1.68 bits per heavy atom. The minimum atomic E-state index is 0.253. The molecule has 0 fully saturated rings. The van der Waals surface area contributed by atoms with Gasteiger partial charge in [-0.3, -0.25) is 0 Å². The van der Waals surface area contributed by atoms with Crippen molar-refractivity contribution >= 4 is 17.4 Å². The Kier molecular flexibility index (Phi) is 3.12. The predicted octanol–water partition coefficient (Wildman–Crippen LogP) is 4.67. The van der Waals surface area contributed by atoms with E-state index in [9.17, 15) is 0 Å². The molecule has 2 nitrogen and oxygen atoms in total. The Hall–Kier alpha value is -2.32. The molecule has 4 rings (SSSR count). The van der Waals surface area contributed by atoms with Crippen LogP contribution in [0.15, 0.2) is 60.8 Å². The molecular weight excluding hydrogens is 292 g/mol. The number of benzene rings is 2. The van der Waals surface area contributed by atoms with Gasteiger partial charge in [0.25, 0.3) is 0 Å². The normalized spacial score (nSPS) is 16.0. The molecule has 0 saturated heterocycles. The molecule has 0 radical (unpaired) electrons. The van der Waals surface area contributed by atoms with E-state index in [-0.39, 0.29) is 5.92 Å². The quantitative estimate of drug-likeness (QED) is 0.709. The fraction of sp³-hybridized carbons (Fsp3) is 0.105. The van der Waals surface area contributed by atoms with Gasteiger partial charge in [0.15, 0.2) is 0 Å². The summed E-state index contributed by atoms with van der Waals surface area (Å²) in [4.78, 5) is 4.26. The maximum Gasteiger partial charge on any atom is 0.123 e. The maximum absolute atomic E-state index is 6.44. The van der Waals surface area contributed by atoms with Crippen LogP contribution in [0.4, 0.5) is 5.82 Å². The van der Waals surface area contributed by atoms with Crippen molar-refractivity contribution in [1.29, 1.82) is 0 Å². The van der Waals surface area contributed by atoms with Gasteiger partial charge in [-0.1, -0.05) is 54.1 Å². The van der Waals surface area contributed by atoms with Gasteiger partial charge in [-0.2, -0.15) is 0 Å². The van der Waals surface area contributed by atoms with Crippen molar-refractivity contribution in [2.24, 2.45) is 0 Å². The van der Waals surface area contributed by atoms with Crippen LogP contribution in [-0.2, 0) is 6.42 Å². The zero-order valence-corrected chi connectivity index (χ0v) is 12.7. The number of anilines is 1. The highest BCUT2D eigenvalue weighted by atomic mass is 35.5. The van der Waals surface area contributed by atoms with E-state index in [0.717, 1.165) is 11.4 Å². The predicted molar refractivity (Wildman–Crippen MR) is 91.1 cm³/mol. The van der Waals surface area contributed by atoms with E-state index in [1.165, 1.54) is 27.8 Å². The fourth-order valence-corrected chi connectivity index (χ4v) is 3.59. The SMILES string of the molecule is Nc1cc2c(cn1)CC(c1ccccc1Cl)c1ccccc1-2. The molecule has 1 heterocycles. The van der Waals surface area contributed by atoms with Gasteiger partial charge in [0.2, 0.25) is 0 Å². The van der Waals surface area contributed by atoms with E-state index in [1.807, 2.05) is 30.5 Å². The zero-order valence-electron chi connectivity index (χ0n) is 12.0. The van der Waals surface area contributed by atoms with E-state index in [1.54, 1.807) is 0 Å². The van der Waals surface area contributed by atoms with Crippen molar-refractivity contribution in [3.8, 4) is 11.1 Å². The number of pyridine rings is 1. The van der Waals surface area contributed by atoms with Crippen LogP contribution < -0.4 is 5.73 Å². The maximum atomic E-state index is 6.44. The zero-order chi connectivity index (χ0) is 15.1. The summed E-state index contributed by atoms with van der Waals surface area (Å²) < 4.78 is 0. The average Bonchev–Trinajstić information content (AvgIpc) is 2.55. The second-order valence-electron chi connectivity index (χ2n) is 5.63. The lowest BCUT2D eigenvalue weighted by molar-refractivity contribution is 0.790. The molecule has 2 N–H and O–H groups in total. The summed E-state index contributed by atoms with van der Waals surface area (Å²) in [5.74, 6) is 0.813. The molecule has 1 unspecified atom stereocenters. The van der Waals surface area contributed by atoms with Crippen molar-refractivity contribution < 1.29 is 0 Å². The van der Waals surface area contributed by atoms with Gasteiger partial charge in [-0.25, -0.2) is 4.98 Å². The summed E-state index contributed by atoms with van der Waals surface area (Å²) in [6.45, 7) is 0. The molecule has 3 aromatic rings. The summed E-state index contributed by atoms with van der Waals surface area (Å²) in [7, 11) is 0. The Bertz CT molecular complexity index is 858. The smallest absolute Gasteiger partial charge is 0.123 e. The monoisotopic (exact) mass is 306 g/mol. The van der Waals surface area contributed by atoms with Crippen LogP contribution in [0.25, 0.3) is 11.1 Å². The first-order chi connectivity index (χ1) is 10.7. The highest BCUT2D eigenvalue weighted by Gasteiger charge is 2.27. The Balaban J connectivity index is 1.95. The van der Waals surface area contributed by atoms with Gasteiger partial charge < -0.3 is 5.73 Å². The number of halogens is 1.